The second-order valence-electron chi connectivity index (χ2n) is 5.85. The topological polar surface area (TPSA) is 33.5 Å². The average molecular weight is 259 g/mol. The fraction of sp³-hybridized carbons (Fsp3) is 0.562. The molecule has 2 N–H and O–H groups in total. The van der Waals surface area contributed by atoms with Gasteiger partial charge in [0.05, 0.1) is 19.1 Å². The molecule has 1 heterocycles. The highest BCUT2D eigenvalue weighted by molar-refractivity contribution is 5.77. The largest absolute Gasteiger partial charge is 0.344 e. The summed E-state index contributed by atoms with van der Waals surface area (Å²) >= 11 is 0. The molecule has 102 valence electrons. The standard InChI is InChI=1S/C16H22N2O/c19-16(12-18-10-3-4-11-18)17-15-9-5-7-13-6-1-2-8-14(13)15/h1-2,6,8,15H,3-5,7,9-12H2,(H,17,19)/p+1/t15-/m1/s1. The Bertz CT molecular complexity index is 452. The zero-order chi connectivity index (χ0) is 13.1. The van der Waals surface area contributed by atoms with Gasteiger partial charge in [-0.15, -0.1) is 0 Å². The normalized spacial score (nSPS) is 23.1. The van der Waals surface area contributed by atoms with Gasteiger partial charge in [-0.3, -0.25) is 4.79 Å². The van der Waals surface area contributed by atoms with Crippen molar-refractivity contribution >= 4 is 5.91 Å². The zero-order valence-electron chi connectivity index (χ0n) is 11.5. The molecule has 0 unspecified atom stereocenters. The third-order valence-corrected chi connectivity index (χ3v) is 4.43. The first-order valence-corrected chi connectivity index (χ1v) is 7.53. The van der Waals surface area contributed by atoms with Crippen LogP contribution in [0.4, 0.5) is 0 Å². The maximum Gasteiger partial charge on any atom is 0.275 e. The van der Waals surface area contributed by atoms with Crippen molar-refractivity contribution in [2.75, 3.05) is 19.6 Å². The van der Waals surface area contributed by atoms with Gasteiger partial charge >= 0.3 is 0 Å². The van der Waals surface area contributed by atoms with E-state index in [1.807, 2.05) is 0 Å². The SMILES string of the molecule is O=C(C[NH+]1CCCC1)N[C@@H]1CCCc2ccccc21. The Morgan fingerprint density at radius 3 is 2.84 bits per heavy atom. The van der Waals surface area contributed by atoms with E-state index >= 15 is 0 Å². The summed E-state index contributed by atoms with van der Waals surface area (Å²) in [5.74, 6) is 0.221. The monoisotopic (exact) mass is 259 g/mol. The first kappa shape index (κ1) is 12.7. The molecule has 0 radical (unpaired) electrons. The van der Waals surface area contributed by atoms with Gasteiger partial charge in [0, 0.05) is 12.8 Å². The molecular formula is C16H23N2O+. The minimum absolute atomic E-state index is 0.221. The molecule has 1 aromatic carbocycles. The molecule has 3 heteroatoms. The number of nitrogens with one attached hydrogen (secondary N) is 2. The molecule has 0 bridgehead atoms. The van der Waals surface area contributed by atoms with Gasteiger partial charge in [-0.2, -0.15) is 0 Å². The number of fused-ring (bicyclic) bond motifs is 1. The van der Waals surface area contributed by atoms with Crippen LogP contribution >= 0.6 is 0 Å². The average Bonchev–Trinajstić information content (AvgIpc) is 2.92. The van der Waals surface area contributed by atoms with Crippen molar-refractivity contribution in [1.82, 2.24) is 5.32 Å². The van der Waals surface area contributed by atoms with Crippen molar-refractivity contribution in [2.45, 2.75) is 38.1 Å². The first-order valence-electron chi connectivity index (χ1n) is 7.53. The third-order valence-electron chi connectivity index (χ3n) is 4.43. The van der Waals surface area contributed by atoms with Gasteiger partial charge in [0.25, 0.3) is 5.91 Å². The van der Waals surface area contributed by atoms with Gasteiger partial charge in [-0.1, -0.05) is 24.3 Å². The Kier molecular flexibility index (Phi) is 3.83. The van der Waals surface area contributed by atoms with Gasteiger partial charge in [0.2, 0.25) is 0 Å². The van der Waals surface area contributed by atoms with Crippen molar-refractivity contribution in [2.24, 2.45) is 0 Å². The van der Waals surface area contributed by atoms with Crippen LogP contribution < -0.4 is 10.2 Å². The van der Waals surface area contributed by atoms with E-state index < -0.39 is 0 Å². The smallest absolute Gasteiger partial charge is 0.275 e. The summed E-state index contributed by atoms with van der Waals surface area (Å²) in [6.45, 7) is 2.97. The molecule has 1 aliphatic carbocycles. The number of hydrogen-bond donors (Lipinski definition) is 2. The molecule has 1 aromatic rings. The number of benzene rings is 1. The highest BCUT2D eigenvalue weighted by Gasteiger charge is 2.24. The van der Waals surface area contributed by atoms with Crippen LogP contribution in [0, 0.1) is 0 Å². The summed E-state index contributed by atoms with van der Waals surface area (Å²) < 4.78 is 0. The summed E-state index contributed by atoms with van der Waals surface area (Å²) in [6.07, 6.45) is 5.96. The van der Waals surface area contributed by atoms with E-state index in [0.29, 0.717) is 6.54 Å². The minimum atomic E-state index is 0.221. The van der Waals surface area contributed by atoms with E-state index in [1.165, 1.54) is 35.3 Å². The van der Waals surface area contributed by atoms with Gasteiger partial charge in [0.15, 0.2) is 6.54 Å². The van der Waals surface area contributed by atoms with Crippen LogP contribution in [0.5, 0.6) is 0 Å². The number of quaternary nitrogens is 1. The lowest BCUT2D eigenvalue weighted by Crippen LogP contribution is -3.11. The second-order valence-corrected chi connectivity index (χ2v) is 5.85. The zero-order valence-corrected chi connectivity index (χ0v) is 11.5. The maximum atomic E-state index is 12.1. The Morgan fingerprint density at radius 2 is 2.00 bits per heavy atom. The molecular weight excluding hydrogens is 236 g/mol. The van der Waals surface area contributed by atoms with Crippen LogP contribution in [0.25, 0.3) is 0 Å². The van der Waals surface area contributed by atoms with E-state index in [9.17, 15) is 4.79 Å². The molecule has 0 aromatic heterocycles. The van der Waals surface area contributed by atoms with Crippen LogP contribution in [0.2, 0.25) is 0 Å². The van der Waals surface area contributed by atoms with Crippen LogP contribution in [-0.4, -0.2) is 25.5 Å². The molecule has 1 aliphatic heterocycles. The van der Waals surface area contributed by atoms with E-state index in [1.54, 1.807) is 0 Å². The lowest BCUT2D eigenvalue weighted by molar-refractivity contribution is -0.879. The Hall–Kier alpha value is -1.35. The van der Waals surface area contributed by atoms with Crippen LogP contribution in [0.3, 0.4) is 0 Å². The Labute approximate surface area is 115 Å². The van der Waals surface area contributed by atoms with Crippen LogP contribution in [0.15, 0.2) is 24.3 Å². The molecule has 3 nitrogen and oxygen atoms in total. The summed E-state index contributed by atoms with van der Waals surface area (Å²) in [7, 11) is 0. The van der Waals surface area contributed by atoms with Crippen molar-refractivity contribution < 1.29 is 9.69 Å². The van der Waals surface area contributed by atoms with Gasteiger partial charge < -0.3 is 10.2 Å². The highest BCUT2D eigenvalue weighted by Crippen LogP contribution is 2.29. The summed E-state index contributed by atoms with van der Waals surface area (Å²) in [5.41, 5.74) is 2.74. The minimum Gasteiger partial charge on any atom is -0.344 e. The van der Waals surface area contributed by atoms with E-state index in [4.69, 9.17) is 0 Å². The molecule has 3 rings (SSSR count). The number of likely N-dealkylation sites (tertiary alicyclic amines) is 1. The molecule has 0 saturated carbocycles. The lowest BCUT2D eigenvalue weighted by atomic mass is 9.88. The Balaban J connectivity index is 1.62. The van der Waals surface area contributed by atoms with Gasteiger partial charge in [-0.25, -0.2) is 0 Å². The number of rotatable bonds is 3. The molecule has 19 heavy (non-hydrogen) atoms. The fourth-order valence-corrected chi connectivity index (χ4v) is 3.43. The summed E-state index contributed by atoms with van der Waals surface area (Å²) in [4.78, 5) is 13.6. The predicted octanol–water partition coefficient (Wildman–Crippen LogP) is 0.859. The van der Waals surface area contributed by atoms with Gasteiger partial charge in [-0.05, 0) is 30.4 Å². The molecule has 1 amide bonds. The molecule has 1 atom stereocenters. The maximum absolute atomic E-state index is 12.1. The van der Waals surface area contributed by atoms with Crippen molar-refractivity contribution in [3.8, 4) is 0 Å². The predicted molar refractivity (Wildman–Crippen MR) is 75.1 cm³/mol. The highest BCUT2D eigenvalue weighted by atomic mass is 16.2. The third kappa shape index (κ3) is 2.98. The van der Waals surface area contributed by atoms with Crippen LogP contribution in [0.1, 0.15) is 42.9 Å². The van der Waals surface area contributed by atoms with E-state index in [0.717, 1.165) is 25.9 Å². The fourth-order valence-electron chi connectivity index (χ4n) is 3.43. The Morgan fingerprint density at radius 1 is 1.21 bits per heavy atom. The van der Waals surface area contributed by atoms with Crippen molar-refractivity contribution in [1.29, 1.82) is 0 Å². The van der Waals surface area contributed by atoms with Crippen molar-refractivity contribution in [3.05, 3.63) is 35.4 Å². The van der Waals surface area contributed by atoms with Crippen molar-refractivity contribution in [3.63, 3.8) is 0 Å². The number of carbonyl (C=O) groups excluding carboxylic acids is 1. The number of amides is 1. The number of carbonyl (C=O) groups is 1. The van der Waals surface area contributed by atoms with Crippen LogP contribution in [-0.2, 0) is 11.2 Å². The molecule has 0 spiro atoms. The molecule has 2 aliphatic rings. The van der Waals surface area contributed by atoms with Gasteiger partial charge in [0.1, 0.15) is 0 Å². The summed E-state index contributed by atoms with van der Waals surface area (Å²) in [5, 5.41) is 3.24. The lowest BCUT2D eigenvalue weighted by Gasteiger charge is -2.26. The molecule has 1 saturated heterocycles. The number of aryl methyl sites for hydroxylation is 1. The van der Waals surface area contributed by atoms with E-state index in [-0.39, 0.29) is 11.9 Å². The summed E-state index contributed by atoms with van der Waals surface area (Å²) in [6, 6.07) is 8.77. The second kappa shape index (κ2) is 5.74. The quantitative estimate of drug-likeness (QED) is 0.829. The first-order chi connectivity index (χ1) is 9.33. The number of hydrogen-bond acceptors (Lipinski definition) is 1. The molecule has 1 fully saturated rings. The van der Waals surface area contributed by atoms with E-state index in [2.05, 4.69) is 29.6 Å².